The Labute approximate surface area is 128 Å². The van der Waals surface area contributed by atoms with Gasteiger partial charge in [-0.15, -0.1) is 0 Å². The number of carbonyl (C=O) groups excluding carboxylic acids is 1. The number of hydrogen-bond acceptors (Lipinski definition) is 5. The van der Waals surface area contributed by atoms with E-state index in [1.807, 2.05) is 18.2 Å². The summed E-state index contributed by atoms with van der Waals surface area (Å²) in [6.07, 6.45) is 1.47. The molecule has 0 spiro atoms. The maximum Gasteiger partial charge on any atom is 0.291 e. The molecule has 0 unspecified atom stereocenters. The van der Waals surface area contributed by atoms with E-state index >= 15 is 0 Å². The van der Waals surface area contributed by atoms with Gasteiger partial charge in [0, 0.05) is 18.8 Å². The highest BCUT2D eigenvalue weighted by Gasteiger charge is 2.16. The Morgan fingerprint density at radius 1 is 1.27 bits per heavy atom. The van der Waals surface area contributed by atoms with E-state index in [9.17, 15) is 4.79 Å². The van der Waals surface area contributed by atoms with Gasteiger partial charge >= 0.3 is 0 Å². The molecule has 0 atom stereocenters. The molecule has 0 radical (unpaired) electrons. The van der Waals surface area contributed by atoms with Crippen molar-refractivity contribution in [3.8, 4) is 5.75 Å². The van der Waals surface area contributed by atoms with E-state index in [1.165, 1.54) is 6.26 Å². The monoisotopic (exact) mass is 302 g/mol. The zero-order valence-electron chi connectivity index (χ0n) is 12.4. The van der Waals surface area contributed by atoms with Gasteiger partial charge < -0.3 is 24.1 Å². The largest absolute Gasteiger partial charge is 0.495 e. The summed E-state index contributed by atoms with van der Waals surface area (Å²) in [5.74, 6) is 0.568. The summed E-state index contributed by atoms with van der Waals surface area (Å²) in [7, 11) is 1.58. The minimum atomic E-state index is -0.303. The second kappa shape index (κ2) is 6.53. The molecule has 1 saturated heterocycles. The number of rotatable bonds is 4. The van der Waals surface area contributed by atoms with Crippen molar-refractivity contribution in [1.82, 2.24) is 0 Å². The van der Waals surface area contributed by atoms with Crippen LogP contribution in [0.15, 0.2) is 41.0 Å². The van der Waals surface area contributed by atoms with Gasteiger partial charge in [0.2, 0.25) is 0 Å². The van der Waals surface area contributed by atoms with Gasteiger partial charge in [-0.1, -0.05) is 0 Å². The van der Waals surface area contributed by atoms with Crippen molar-refractivity contribution in [1.29, 1.82) is 0 Å². The molecular formula is C16H18N2O4. The van der Waals surface area contributed by atoms with Crippen LogP contribution in [0.4, 0.5) is 11.4 Å². The molecule has 6 nitrogen and oxygen atoms in total. The highest BCUT2D eigenvalue weighted by molar-refractivity contribution is 6.03. The molecule has 1 aromatic carbocycles. The lowest BCUT2D eigenvalue weighted by atomic mass is 10.2. The van der Waals surface area contributed by atoms with Gasteiger partial charge in [-0.05, 0) is 30.3 Å². The fourth-order valence-corrected chi connectivity index (χ4v) is 2.40. The Bertz CT molecular complexity index is 634. The van der Waals surface area contributed by atoms with Crippen LogP contribution in [0.3, 0.4) is 0 Å². The summed E-state index contributed by atoms with van der Waals surface area (Å²) in [5.41, 5.74) is 1.65. The van der Waals surface area contributed by atoms with Gasteiger partial charge in [0.1, 0.15) is 5.75 Å². The van der Waals surface area contributed by atoms with Crippen LogP contribution in [-0.2, 0) is 4.74 Å². The number of nitrogens with one attached hydrogen (secondary N) is 1. The third-order valence-electron chi connectivity index (χ3n) is 3.55. The van der Waals surface area contributed by atoms with Crippen molar-refractivity contribution in [2.75, 3.05) is 43.6 Å². The molecule has 1 aromatic heterocycles. The van der Waals surface area contributed by atoms with Crippen LogP contribution >= 0.6 is 0 Å². The normalized spacial score (nSPS) is 14.7. The molecule has 6 heteroatoms. The standard InChI is InChI=1S/C16H18N2O4/c1-20-14-5-4-12(18-6-9-21-10-7-18)11-13(14)17-16(19)15-3-2-8-22-15/h2-5,8,11H,6-7,9-10H2,1H3,(H,17,19). The van der Waals surface area contributed by atoms with Crippen LogP contribution in [0.2, 0.25) is 0 Å². The minimum absolute atomic E-state index is 0.263. The molecule has 1 amide bonds. The maximum atomic E-state index is 12.1. The third-order valence-corrected chi connectivity index (χ3v) is 3.55. The molecule has 22 heavy (non-hydrogen) atoms. The fourth-order valence-electron chi connectivity index (χ4n) is 2.40. The molecule has 1 aliphatic heterocycles. The number of carbonyl (C=O) groups is 1. The van der Waals surface area contributed by atoms with Crippen molar-refractivity contribution in [3.05, 3.63) is 42.4 Å². The van der Waals surface area contributed by atoms with E-state index in [0.29, 0.717) is 24.7 Å². The van der Waals surface area contributed by atoms with Crippen molar-refractivity contribution >= 4 is 17.3 Å². The lowest BCUT2D eigenvalue weighted by Crippen LogP contribution is -2.36. The first-order valence-electron chi connectivity index (χ1n) is 7.13. The van der Waals surface area contributed by atoms with Gasteiger partial charge in [0.15, 0.2) is 5.76 Å². The lowest BCUT2D eigenvalue weighted by Gasteiger charge is -2.29. The molecule has 1 N–H and O–H groups in total. The number of hydrogen-bond donors (Lipinski definition) is 1. The molecule has 2 aromatic rings. The van der Waals surface area contributed by atoms with Crippen LogP contribution in [0.5, 0.6) is 5.75 Å². The molecule has 3 rings (SSSR count). The number of ether oxygens (including phenoxy) is 2. The van der Waals surface area contributed by atoms with Crippen LogP contribution in [0.1, 0.15) is 10.6 Å². The van der Waals surface area contributed by atoms with E-state index in [2.05, 4.69) is 10.2 Å². The van der Waals surface area contributed by atoms with E-state index < -0.39 is 0 Å². The predicted molar refractivity (Wildman–Crippen MR) is 82.7 cm³/mol. The van der Waals surface area contributed by atoms with Crippen LogP contribution in [0.25, 0.3) is 0 Å². The SMILES string of the molecule is COc1ccc(N2CCOCC2)cc1NC(=O)c1ccco1. The summed E-state index contributed by atoms with van der Waals surface area (Å²) in [6, 6.07) is 9.03. The number of nitrogens with zero attached hydrogens (tertiary/aromatic N) is 1. The predicted octanol–water partition coefficient (Wildman–Crippen LogP) is 2.38. The van der Waals surface area contributed by atoms with Crippen molar-refractivity contribution < 1.29 is 18.7 Å². The summed E-state index contributed by atoms with van der Waals surface area (Å²) in [4.78, 5) is 14.4. The van der Waals surface area contributed by atoms with Crippen LogP contribution in [-0.4, -0.2) is 39.3 Å². The molecule has 0 bridgehead atoms. The van der Waals surface area contributed by atoms with Crippen LogP contribution in [0, 0.1) is 0 Å². The fraction of sp³-hybridized carbons (Fsp3) is 0.312. The number of furan rings is 1. The third kappa shape index (κ3) is 3.07. The Balaban J connectivity index is 1.83. The van der Waals surface area contributed by atoms with E-state index in [0.717, 1.165) is 18.8 Å². The average Bonchev–Trinajstić information content (AvgIpc) is 3.10. The van der Waals surface area contributed by atoms with Gasteiger partial charge in [0.05, 0.1) is 32.3 Å². The van der Waals surface area contributed by atoms with Crippen molar-refractivity contribution in [3.63, 3.8) is 0 Å². The molecular weight excluding hydrogens is 284 g/mol. The first kappa shape index (κ1) is 14.5. The van der Waals surface area contributed by atoms with Crippen molar-refractivity contribution in [2.24, 2.45) is 0 Å². The van der Waals surface area contributed by atoms with E-state index in [1.54, 1.807) is 19.2 Å². The second-order valence-electron chi connectivity index (χ2n) is 4.92. The number of morpholine rings is 1. The quantitative estimate of drug-likeness (QED) is 0.939. The minimum Gasteiger partial charge on any atom is -0.495 e. The average molecular weight is 302 g/mol. The first-order chi connectivity index (χ1) is 10.8. The summed E-state index contributed by atoms with van der Waals surface area (Å²) >= 11 is 0. The van der Waals surface area contributed by atoms with Crippen molar-refractivity contribution in [2.45, 2.75) is 0 Å². The Kier molecular flexibility index (Phi) is 4.29. The van der Waals surface area contributed by atoms with Gasteiger partial charge in [-0.3, -0.25) is 4.79 Å². The highest BCUT2D eigenvalue weighted by atomic mass is 16.5. The van der Waals surface area contributed by atoms with Gasteiger partial charge in [-0.2, -0.15) is 0 Å². The number of methoxy groups -OCH3 is 1. The molecule has 0 aliphatic carbocycles. The number of benzene rings is 1. The smallest absolute Gasteiger partial charge is 0.291 e. The van der Waals surface area contributed by atoms with Crippen LogP contribution < -0.4 is 15.0 Å². The molecule has 1 fully saturated rings. The molecule has 0 saturated carbocycles. The maximum absolute atomic E-state index is 12.1. The Morgan fingerprint density at radius 3 is 2.77 bits per heavy atom. The lowest BCUT2D eigenvalue weighted by molar-refractivity contribution is 0.0996. The summed E-state index contributed by atoms with van der Waals surface area (Å²) in [5, 5.41) is 2.83. The number of amides is 1. The Morgan fingerprint density at radius 2 is 2.09 bits per heavy atom. The van der Waals surface area contributed by atoms with E-state index in [4.69, 9.17) is 13.9 Å². The highest BCUT2D eigenvalue weighted by Crippen LogP contribution is 2.30. The zero-order valence-corrected chi connectivity index (χ0v) is 12.4. The summed E-state index contributed by atoms with van der Waals surface area (Å²) in [6.45, 7) is 3.08. The topological polar surface area (TPSA) is 63.9 Å². The van der Waals surface area contributed by atoms with Gasteiger partial charge in [-0.25, -0.2) is 0 Å². The molecule has 2 heterocycles. The number of anilines is 2. The zero-order chi connectivity index (χ0) is 15.4. The summed E-state index contributed by atoms with van der Waals surface area (Å²) < 4.78 is 15.8. The first-order valence-corrected chi connectivity index (χ1v) is 7.13. The van der Waals surface area contributed by atoms with E-state index in [-0.39, 0.29) is 11.7 Å². The molecule has 116 valence electrons. The van der Waals surface area contributed by atoms with Gasteiger partial charge in [0.25, 0.3) is 5.91 Å². The second-order valence-corrected chi connectivity index (χ2v) is 4.92. The molecule has 1 aliphatic rings. The Hall–Kier alpha value is -2.47.